The third-order valence-corrected chi connectivity index (χ3v) is 7.76. The van der Waals surface area contributed by atoms with Crippen molar-refractivity contribution in [1.82, 2.24) is 21.0 Å². The molecule has 0 amide bonds. The van der Waals surface area contributed by atoms with Crippen LogP contribution in [0.3, 0.4) is 0 Å². The molecular weight excluding hydrogens is 537 g/mol. The number of hydrazine groups is 2. The Kier molecular flexibility index (Phi) is 6.31. The zero-order valence-electron chi connectivity index (χ0n) is 21.8. The number of nitrogens with zero attached hydrogens (tertiary/aromatic N) is 3. The molecule has 1 aromatic heterocycles. The second kappa shape index (κ2) is 10.3. The zero-order valence-corrected chi connectivity index (χ0v) is 22.6. The molecule has 2 heterocycles. The predicted molar refractivity (Wildman–Crippen MR) is 161 cm³/mol. The fourth-order valence-electron chi connectivity index (χ4n) is 5.23. The summed E-state index contributed by atoms with van der Waals surface area (Å²) in [5, 5.41) is 22.4. The molecule has 4 aromatic carbocycles. The van der Waals surface area contributed by atoms with Crippen LogP contribution in [0.2, 0.25) is 5.02 Å². The Hall–Kier alpha value is -4.84. The second-order valence-corrected chi connectivity index (χ2v) is 10.7. The summed E-state index contributed by atoms with van der Waals surface area (Å²) in [6.07, 6.45) is 5.86. The molecule has 1 saturated carbocycles. The van der Waals surface area contributed by atoms with E-state index in [1.807, 2.05) is 48.7 Å². The van der Waals surface area contributed by atoms with Gasteiger partial charge in [-0.1, -0.05) is 60.1 Å². The van der Waals surface area contributed by atoms with Gasteiger partial charge in [0.05, 0.1) is 33.5 Å². The minimum atomic E-state index is -0.332. The van der Waals surface area contributed by atoms with Crippen LogP contribution in [0.25, 0.3) is 21.7 Å². The van der Waals surface area contributed by atoms with Crippen LogP contribution in [0.1, 0.15) is 30.0 Å². The Morgan fingerprint density at radius 1 is 1.02 bits per heavy atom. The summed E-state index contributed by atoms with van der Waals surface area (Å²) >= 11 is 6.80. The second-order valence-electron chi connectivity index (χ2n) is 10.3. The van der Waals surface area contributed by atoms with Gasteiger partial charge in [0.2, 0.25) is 0 Å². The van der Waals surface area contributed by atoms with Gasteiger partial charge in [-0.05, 0) is 54.1 Å². The topological polar surface area (TPSA) is 88.0 Å². The van der Waals surface area contributed by atoms with E-state index in [1.54, 1.807) is 18.3 Å². The maximum Gasteiger partial charge on any atom is 0.123 e. The first-order valence-electron chi connectivity index (χ1n) is 13.4. The highest BCUT2D eigenvalue weighted by molar-refractivity contribution is 6.36. The molecule has 1 aliphatic carbocycles. The highest BCUT2D eigenvalue weighted by Gasteiger charge is 2.32. The van der Waals surface area contributed by atoms with E-state index >= 15 is 0 Å². The van der Waals surface area contributed by atoms with E-state index in [4.69, 9.17) is 11.6 Å². The van der Waals surface area contributed by atoms with Crippen molar-refractivity contribution in [2.45, 2.75) is 24.9 Å². The lowest BCUT2D eigenvalue weighted by Gasteiger charge is -2.22. The molecular formula is C32H25ClFN7. The van der Waals surface area contributed by atoms with Gasteiger partial charge < -0.3 is 16.1 Å². The summed E-state index contributed by atoms with van der Waals surface area (Å²) in [4.78, 5) is 4.51. The molecule has 1 atom stereocenters. The van der Waals surface area contributed by atoms with E-state index in [9.17, 15) is 9.65 Å². The van der Waals surface area contributed by atoms with Gasteiger partial charge in [0.25, 0.3) is 0 Å². The van der Waals surface area contributed by atoms with E-state index in [0.717, 1.165) is 46.2 Å². The van der Waals surface area contributed by atoms with Crippen LogP contribution in [0.5, 0.6) is 0 Å². The van der Waals surface area contributed by atoms with Crippen LogP contribution in [0.15, 0.2) is 97.0 Å². The number of hydrogen-bond acceptors (Lipinski definition) is 7. The average Bonchev–Trinajstić information content (AvgIpc) is 3.73. The first kappa shape index (κ1) is 25.1. The SMILES string of the molecule is N#Cc1cnc2c(Cl)cc(NC(C3=CN(C4CC4)NN3)c3ccc(F)cc3)cc2c1Nc1cccc2ccccc12. The number of halogens is 2. The number of rotatable bonds is 7. The predicted octanol–water partition coefficient (Wildman–Crippen LogP) is 7.28. The van der Waals surface area contributed by atoms with Gasteiger partial charge in [0.1, 0.15) is 11.9 Å². The van der Waals surface area contributed by atoms with Gasteiger partial charge in [-0.25, -0.2) is 4.39 Å². The maximum absolute atomic E-state index is 13.8. The van der Waals surface area contributed by atoms with Gasteiger partial charge in [-0.3, -0.25) is 9.99 Å². The quantitative estimate of drug-likeness (QED) is 0.166. The number of hydrogen-bond donors (Lipinski definition) is 4. The van der Waals surface area contributed by atoms with E-state index < -0.39 is 0 Å². The normalized spacial score (nSPS) is 15.3. The summed E-state index contributed by atoms with van der Waals surface area (Å²) in [7, 11) is 0. The molecule has 9 heteroatoms. The average molecular weight is 562 g/mol. The first-order valence-corrected chi connectivity index (χ1v) is 13.8. The molecule has 1 fully saturated rings. The van der Waals surface area contributed by atoms with Crippen LogP contribution >= 0.6 is 11.6 Å². The molecule has 41 heavy (non-hydrogen) atoms. The van der Waals surface area contributed by atoms with Gasteiger partial charge >= 0.3 is 0 Å². The molecule has 0 saturated heterocycles. The fraction of sp³-hybridized carbons (Fsp3) is 0.125. The van der Waals surface area contributed by atoms with Crippen molar-refractivity contribution in [3.8, 4) is 6.07 Å². The Bertz CT molecular complexity index is 1860. The molecule has 5 aromatic rings. The smallest absolute Gasteiger partial charge is 0.123 e. The molecule has 2 aliphatic rings. The standard InChI is InChI=1S/C32H25ClFN7/c33-27-15-23(37-31(20-8-10-22(34)11-9-20)29-18-41(40-39-29)24-12-13-24)14-26-30(21(16-35)17-36-32(26)27)38-28-7-3-5-19-4-1-2-6-25(19)28/h1-11,14-15,17-18,24,31,37,39-40H,12-13H2,(H,36,38). The number of pyridine rings is 1. The van der Waals surface area contributed by atoms with Crippen LogP contribution in [0.4, 0.5) is 21.5 Å². The zero-order chi connectivity index (χ0) is 27.9. The molecule has 202 valence electrons. The minimum absolute atomic E-state index is 0.299. The summed E-state index contributed by atoms with van der Waals surface area (Å²) < 4.78 is 13.8. The van der Waals surface area contributed by atoms with Crippen molar-refractivity contribution >= 4 is 50.3 Å². The van der Waals surface area contributed by atoms with Gasteiger partial charge in [0, 0.05) is 40.6 Å². The first-order chi connectivity index (χ1) is 20.1. The Labute approximate surface area is 241 Å². The minimum Gasteiger partial charge on any atom is -0.373 e. The van der Waals surface area contributed by atoms with E-state index in [1.165, 1.54) is 12.1 Å². The van der Waals surface area contributed by atoms with Crippen molar-refractivity contribution in [2.75, 3.05) is 10.6 Å². The van der Waals surface area contributed by atoms with E-state index in [-0.39, 0.29) is 11.9 Å². The Morgan fingerprint density at radius 2 is 1.83 bits per heavy atom. The van der Waals surface area contributed by atoms with Crippen LogP contribution in [-0.4, -0.2) is 16.0 Å². The summed E-state index contributed by atoms with van der Waals surface area (Å²) in [6.45, 7) is 0. The Balaban J connectivity index is 1.32. The van der Waals surface area contributed by atoms with E-state index in [2.05, 4.69) is 49.8 Å². The molecule has 1 unspecified atom stereocenters. The molecule has 7 nitrogen and oxygen atoms in total. The molecule has 4 N–H and O–H groups in total. The van der Waals surface area contributed by atoms with Crippen molar-refractivity contribution in [2.24, 2.45) is 0 Å². The van der Waals surface area contributed by atoms with Crippen LogP contribution < -0.4 is 21.6 Å². The number of nitrogens with one attached hydrogen (secondary N) is 4. The summed E-state index contributed by atoms with van der Waals surface area (Å²) in [5.41, 5.74) is 11.5. The number of anilines is 3. The number of benzene rings is 4. The lowest BCUT2D eigenvalue weighted by Crippen LogP contribution is -2.38. The fourth-order valence-corrected chi connectivity index (χ4v) is 5.50. The van der Waals surface area contributed by atoms with Gasteiger partial charge in [-0.15, -0.1) is 5.53 Å². The van der Waals surface area contributed by atoms with Crippen molar-refractivity contribution in [3.05, 3.63) is 119 Å². The van der Waals surface area contributed by atoms with Crippen LogP contribution in [-0.2, 0) is 0 Å². The monoisotopic (exact) mass is 561 g/mol. The third-order valence-electron chi connectivity index (χ3n) is 7.47. The molecule has 0 spiro atoms. The molecule has 1 aliphatic heterocycles. The van der Waals surface area contributed by atoms with Crippen molar-refractivity contribution < 1.29 is 4.39 Å². The lowest BCUT2D eigenvalue weighted by molar-refractivity contribution is 0.260. The highest BCUT2D eigenvalue weighted by atomic mass is 35.5. The summed E-state index contributed by atoms with van der Waals surface area (Å²) in [6, 6.07) is 26.7. The largest absolute Gasteiger partial charge is 0.373 e. The van der Waals surface area contributed by atoms with Crippen molar-refractivity contribution in [1.29, 1.82) is 5.26 Å². The number of fused-ring (bicyclic) bond motifs is 2. The van der Waals surface area contributed by atoms with E-state index in [0.29, 0.717) is 33.2 Å². The highest BCUT2D eigenvalue weighted by Crippen LogP contribution is 2.38. The van der Waals surface area contributed by atoms with Crippen molar-refractivity contribution in [3.63, 3.8) is 0 Å². The number of aromatic nitrogens is 1. The third kappa shape index (κ3) is 4.86. The lowest BCUT2D eigenvalue weighted by atomic mass is 10.0. The number of nitriles is 1. The van der Waals surface area contributed by atoms with Crippen LogP contribution in [0, 0.1) is 17.1 Å². The maximum atomic E-state index is 13.8. The summed E-state index contributed by atoms with van der Waals surface area (Å²) in [5.74, 6) is -0.299. The molecule has 7 rings (SSSR count). The Morgan fingerprint density at radius 3 is 2.63 bits per heavy atom. The van der Waals surface area contributed by atoms with Gasteiger partial charge in [-0.2, -0.15) is 5.26 Å². The molecule has 0 radical (unpaired) electrons. The molecule has 0 bridgehead atoms. The van der Waals surface area contributed by atoms with Gasteiger partial charge in [0.15, 0.2) is 0 Å².